The molecule has 32 heavy (non-hydrogen) atoms. The average molecular weight is 424 g/mol. The average Bonchev–Trinajstić information content (AvgIpc) is 2.79. The molecule has 0 fully saturated rings. The highest BCUT2D eigenvalue weighted by Gasteiger charge is 2.28. The topological polar surface area (TPSA) is 80.7 Å². The fourth-order valence-corrected chi connectivity index (χ4v) is 4.28. The van der Waals surface area contributed by atoms with Crippen LogP contribution in [0.5, 0.6) is 0 Å². The van der Waals surface area contributed by atoms with Crippen molar-refractivity contribution in [3.05, 3.63) is 82.3 Å². The van der Waals surface area contributed by atoms with Crippen molar-refractivity contribution in [3.63, 3.8) is 0 Å². The number of fused-ring (bicyclic) bond motifs is 2. The Morgan fingerprint density at radius 3 is 2.56 bits per heavy atom. The zero-order chi connectivity index (χ0) is 22.2. The Hall–Kier alpha value is -3.67. The highest BCUT2D eigenvalue weighted by Crippen LogP contribution is 2.32. The molecule has 0 radical (unpaired) electrons. The molecular weight excluding hydrogens is 398 g/mol. The second-order valence-corrected chi connectivity index (χ2v) is 8.46. The van der Waals surface area contributed by atoms with E-state index in [9.17, 15) is 4.79 Å². The molecule has 1 unspecified atom stereocenters. The van der Waals surface area contributed by atoms with Gasteiger partial charge < -0.3 is 0 Å². The van der Waals surface area contributed by atoms with E-state index in [2.05, 4.69) is 75.5 Å². The van der Waals surface area contributed by atoms with E-state index in [1.807, 2.05) is 13.0 Å². The van der Waals surface area contributed by atoms with Gasteiger partial charge >= 0.3 is 0 Å². The third-order valence-corrected chi connectivity index (χ3v) is 6.17. The Balaban J connectivity index is 1.43. The first-order valence-corrected chi connectivity index (χ1v) is 11.0. The number of hydrogen-bond donors (Lipinski definition) is 1. The van der Waals surface area contributed by atoms with Crippen LogP contribution >= 0.6 is 0 Å². The van der Waals surface area contributed by atoms with Crippen molar-refractivity contribution in [3.8, 4) is 0 Å². The maximum absolute atomic E-state index is 12.7. The summed E-state index contributed by atoms with van der Waals surface area (Å²) >= 11 is 0. The quantitative estimate of drug-likeness (QED) is 0.482. The van der Waals surface area contributed by atoms with Crippen LogP contribution in [0.3, 0.4) is 0 Å². The molecule has 0 saturated heterocycles. The number of nitrogens with zero attached hydrogens (tertiary/aromatic N) is 4. The minimum atomic E-state index is 0.0907. The van der Waals surface area contributed by atoms with Gasteiger partial charge in [-0.1, -0.05) is 42.8 Å². The summed E-state index contributed by atoms with van der Waals surface area (Å²) in [7, 11) is 0. The van der Waals surface area contributed by atoms with Gasteiger partial charge in [0.05, 0.1) is 22.5 Å². The summed E-state index contributed by atoms with van der Waals surface area (Å²) < 4.78 is 0. The molecule has 2 aromatic heterocycles. The molecule has 6 nitrogen and oxygen atoms in total. The maximum Gasteiger partial charge on any atom is 0.230 e. The lowest BCUT2D eigenvalue weighted by molar-refractivity contribution is 0.0962. The molecule has 5 rings (SSSR count). The zero-order valence-corrected chi connectivity index (χ0v) is 18.5. The van der Waals surface area contributed by atoms with Crippen molar-refractivity contribution in [2.24, 2.45) is 0 Å². The summed E-state index contributed by atoms with van der Waals surface area (Å²) in [5.74, 6) is 1.08. The first kappa shape index (κ1) is 20.2. The van der Waals surface area contributed by atoms with Crippen molar-refractivity contribution in [1.82, 2.24) is 19.9 Å². The second kappa shape index (κ2) is 8.11. The van der Waals surface area contributed by atoms with Crippen molar-refractivity contribution in [2.45, 2.75) is 46.0 Å². The molecule has 1 atom stereocenters. The van der Waals surface area contributed by atoms with Crippen LogP contribution in [0.15, 0.2) is 48.7 Å². The van der Waals surface area contributed by atoms with Gasteiger partial charge in [-0.15, -0.1) is 0 Å². The van der Waals surface area contributed by atoms with Crippen LogP contribution in [0.4, 0.5) is 11.9 Å². The predicted octanol–water partition coefficient (Wildman–Crippen LogP) is 5.26. The number of nitrogens with one attached hydrogen (secondary N) is 1. The number of carbonyl (C=O) groups is 1. The molecular formula is C26H25N5O. The number of Topliss-reactive ketones (excluding diaryl/α,β-unsaturated/α-hetero) is 1. The molecule has 1 N–H and O–H groups in total. The van der Waals surface area contributed by atoms with Crippen LogP contribution < -0.4 is 5.32 Å². The van der Waals surface area contributed by atoms with Crippen LogP contribution in [0.25, 0.3) is 10.9 Å². The van der Waals surface area contributed by atoms with Crippen molar-refractivity contribution in [2.75, 3.05) is 5.32 Å². The highest BCUT2D eigenvalue weighted by molar-refractivity contribution is 5.98. The molecule has 0 bridgehead atoms. The van der Waals surface area contributed by atoms with E-state index in [1.54, 1.807) is 6.20 Å². The summed E-state index contributed by atoms with van der Waals surface area (Å²) in [4.78, 5) is 31.0. The molecule has 0 aliphatic heterocycles. The van der Waals surface area contributed by atoms with Gasteiger partial charge in [-0.3, -0.25) is 10.1 Å². The van der Waals surface area contributed by atoms with Crippen LogP contribution in [0, 0.1) is 13.8 Å². The van der Waals surface area contributed by atoms with E-state index in [0.29, 0.717) is 30.3 Å². The number of carbonyl (C=O) groups excluding carboxylic acids is 1. The summed E-state index contributed by atoms with van der Waals surface area (Å²) in [6.07, 6.45) is 3.79. The molecule has 2 aromatic carbocycles. The minimum Gasteiger partial charge on any atom is -0.294 e. The van der Waals surface area contributed by atoms with Gasteiger partial charge in [-0.05, 0) is 55.9 Å². The van der Waals surface area contributed by atoms with E-state index in [4.69, 9.17) is 0 Å². The standard InChI is InChI=1S/C26H25N5O/c1-4-17-7-10-22-20(11-17)16(3)28-26(29-22)31-25-27-14-21-23(30-25)12-19(13-24(21)32)18-8-5-15(2)6-9-18/h5-11,14,19H,4,12-13H2,1-3H3,(H,27,28,29,30,31). The first-order chi connectivity index (χ1) is 15.5. The SMILES string of the molecule is CCc1ccc2nc(Nc3ncc4c(n3)CC(c3ccc(C)cc3)CC4=O)nc(C)c2c1. The monoisotopic (exact) mass is 423 g/mol. The second-order valence-electron chi connectivity index (χ2n) is 8.46. The molecule has 1 aliphatic carbocycles. The van der Waals surface area contributed by atoms with Crippen LogP contribution in [0.2, 0.25) is 0 Å². The maximum atomic E-state index is 12.7. The largest absolute Gasteiger partial charge is 0.294 e. The molecule has 160 valence electrons. The third kappa shape index (κ3) is 3.84. The summed E-state index contributed by atoms with van der Waals surface area (Å²) in [6.45, 7) is 6.18. The van der Waals surface area contributed by atoms with Gasteiger partial charge in [0.2, 0.25) is 11.9 Å². The van der Waals surface area contributed by atoms with Gasteiger partial charge in [0.15, 0.2) is 5.78 Å². The number of rotatable bonds is 4. The van der Waals surface area contributed by atoms with Gasteiger partial charge in [0.25, 0.3) is 0 Å². The number of benzene rings is 2. The lowest BCUT2D eigenvalue weighted by Gasteiger charge is -2.23. The molecule has 0 saturated carbocycles. The van der Waals surface area contributed by atoms with Crippen molar-refractivity contribution in [1.29, 1.82) is 0 Å². The van der Waals surface area contributed by atoms with Gasteiger partial charge in [-0.25, -0.2) is 19.9 Å². The van der Waals surface area contributed by atoms with Crippen molar-refractivity contribution >= 4 is 28.6 Å². The molecule has 2 heterocycles. The first-order valence-electron chi connectivity index (χ1n) is 11.0. The Morgan fingerprint density at radius 2 is 1.78 bits per heavy atom. The Bertz CT molecular complexity index is 1330. The normalized spacial score (nSPS) is 15.6. The lowest BCUT2D eigenvalue weighted by atomic mass is 9.82. The van der Waals surface area contributed by atoms with Gasteiger partial charge in [0.1, 0.15) is 0 Å². The highest BCUT2D eigenvalue weighted by atomic mass is 16.1. The molecule has 1 aliphatic rings. The smallest absolute Gasteiger partial charge is 0.230 e. The lowest BCUT2D eigenvalue weighted by Crippen LogP contribution is -2.21. The van der Waals surface area contributed by atoms with E-state index < -0.39 is 0 Å². The van der Waals surface area contributed by atoms with Gasteiger partial charge in [-0.2, -0.15) is 0 Å². The Morgan fingerprint density at radius 1 is 0.969 bits per heavy atom. The molecule has 6 heteroatoms. The van der Waals surface area contributed by atoms with Gasteiger partial charge in [0, 0.05) is 18.0 Å². The molecule has 4 aromatic rings. The fourth-order valence-electron chi connectivity index (χ4n) is 4.28. The summed E-state index contributed by atoms with van der Waals surface area (Å²) in [6, 6.07) is 14.6. The Labute approximate surface area is 187 Å². The van der Waals surface area contributed by atoms with Crippen molar-refractivity contribution < 1.29 is 4.79 Å². The number of aromatic nitrogens is 4. The van der Waals surface area contributed by atoms with Crippen LogP contribution in [-0.2, 0) is 12.8 Å². The molecule has 0 spiro atoms. The van der Waals surface area contributed by atoms with E-state index >= 15 is 0 Å². The number of hydrogen-bond acceptors (Lipinski definition) is 6. The summed E-state index contributed by atoms with van der Waals surface area (Å²) in [5.41, 5.74) is 6.81. The number of anilines is 2. The molecule has 0 amide bonds. The summed E-state index contributed by atoms with van der Waals surface area (Å²) in [5, 5.41) is 4.19. The third-order valence-electron chi connectivity index (χ3n) is 6.17. The zero-order valence-electron chi connectivity index (χ0n) is 18.5. The number of ketones is 1. The van der Waals surface area contributed by atoms with E-state index in [-0.39, 0.29) is 11.7 Å². The van der Waals surface area contributed by atoms with Crippen LogP contribution in [0.1, 0.15) is 57.7 Å². The Kier molecular flexibility index (Phi) is 5.13. The predicted molar refractivity (Wildman–Crippen MR) is 126 cm³/mol. The minimum absolute atomic E-state index is 0.0907. The van der Waals surface area contributed by atoms with E-state index in [1.165, 1.54) is 16.7 Å². The number of aryl methyl sites for hydroxylation is 3. The van der Waals surface area contributed by atoms with E-state index in [0.717, 1.165) is 28.7 Å². The van der Waals surface area contributed by atoms with Crippen LogP contribution in [-0.4, -0.2) is 25.7 Å². The fraction of sp³-hybridized carbons (Fsp3) is 0.269.